The van der Waals surface area contributed by atoms with Gasteiger partial charge in [-0.25, -0.2) is 0 Å². The highest BCUT2D eigenvalue weighted by atomic mass is 19.4. The van der Waals surface area contributed by atoms with Crippen molar-refractivity contribution in [3.63, 3.8) is 0 Å². The molecule has 0 aliphatic heterocycles. The van der Waals surface area contributed by atoms with E-state index in [1.165, 1.54) is 12.1 Å². The van der Waals surface area contributed by atoms with Crippen LogP contribution >= 0.6 is 0 Å². The lowest BCUT2D eigenvalue weighted by Crippen LogP contribution is -2.09. The fourth-order valence-electron chi connectivity index (χ4n) is 0.997. The fourth-order valence-corrected chi connectivity index (χ4v) is 0.997. The number of rotatable bonds is 1. The zero-order valence-electron chi connectivity index (χ0n) is 6.73. The molecule has 0 unspecified atom stereocenters. The quantitative estimate of drug-likeness (QED) is 0.663. The molecule has 1 aromatic rings. The number of nitrogens with two attached hydrogens (primary N) is 2. The van der Waals surface area contributed by atoms with Gasteiger partial charge in [-0.2, -0.15) is 13.2 Å². The van der Waals surface area contributed by atoms with Gasteiger partial charge in [-0.3, -0.25) is 0 Å². The Bertz CT molecular complexity index is 307. The molecule has 0 aliphatic carbocycles. The Balaban J connectivity index is 3.13. The number of hydrogen-bond donors (Lipinski definition) is 2. The Morgan fingerprint density at radius 2 is 1.85 bits per heavy atom. The molecule has 0 radical (unpaired) electrons. The molecule has 0 bridgehead atoms. The van der Waals surface area contributed by atoms with Crippen molar-refractivity contribution in [3.05, 3.63) is 29.3 Å². The molecular formula is C8H9F3N2. The molecule has 0 saturated carbocycles. The summed E-state index contributed by atoms with van der Waals surface area (Å²) in [5, 5.41) is 0. The van der Waals surface area contributed by atoms with Crippen LogP contribution in [-0.2, 0) is 12.7 Å². The molecule has 5 heteroatoms. The number of benzene rings is 1. The van der Waals surface area contributed by atoms with Gasteiger partial charge in [0.15, 0.2) is 0 Å². The fraction of sp³-hybridized carbons (Fsp3) is 0.250. The van der Waals surface area contributed by atoms with Gasteiger partial charge in [0.25, 0.3) is 0 Å². The van der Waals surface area contributed by atoms with Crippen molar-refractivity contribution in [1.82, 2.24) is 0 Å². The van der Waals surface area contributed by atoms with Gasteiger partial charge < -0.3 is 11.5 Å². The smallest absolute Gasteiger partial charge is 0.398 e. The van der Waals surface area contributed by atoms with Gasteiger partial charge in [-0.05, 0) is 17.7 Å². The maximum atomic E-state index is 12.2. The van der Waals surface area contributed by atoms with Crippen molar-refractivity contribution in [3.8, 4) is 0 Å². The number of halogens is 3. The van der Waals surface area contributed by atoms with Crippen molar-refractivity contribution in [2.75, 3.05) is 5.73 Å². The molecule has 0 fully saturated rings. The van der Waals surface area contributed by atoms with Crippen LogP contribution in [0.4, 0.5) is 18.9 Å². The summed E-state index contributed by atoms with van der Waals surface area (Å²) in [5.74, 6) is 0. The molecule has 0 spiro atoms. The molecule has 0 aromatic heterocycles. The molecule has 4 N–H and O–H groups in total. The first kappa shape index (κ1) is 9.85. The summed E-state index contributed by atoms with van der Waals surface area (Å²) in [5.41, 5.74) is 9.94. The maximum absolute atomic E-state index is 12.2. The van der Waals surface area contributed by atoms with E-state index in [1.54, 1.807) is 0 Å². The molecule has 0 aliphatic rings. The lowest BCUT2D eigenvalue weighted by molar-refractivity contribution is -0.136. The van der Waals surface area contributed by atoms with E-state index in [0.717, 1.165) is 6.07 Å². The third-order valence-corrected chi connectivity index (χ3v) is 1.66. The van der Waals surface area contributed by atoms with Gasteiger partial charge >= 0.3 is 6.18 Å². The van der Waals surface area contributed by atoms with Crippen molar-refractivity contribution < 1.29 is 13.2 Å². The predicted molar refractivity (Wildman–Crippen MR) is 43.7 cm³/mol. The van der Waals surface area contributed by atoms with E-state index in [-0.39, 0.29) is 12.2 Å². The van der Waals surface area contributed by atoms with Crippen LogP contribution in [0.1, 0.15) is 11.1 Å². The summed E-state index contributed by atoms with van der Waals surface area (Å²) in [6.45, 7) is 0.183. The maximum Gasteiger partial charge on any atom is 0.418 e. The van der Waals surface area contributed by atoms with Crippen molar-refractivity contribution in [1.29, 1.82) is 0 Å². The third kappa shape index (κ3) is 2.12. The molecule has 2 nitrogen and oxygen atoms in total. The minimum Gasteiger partial charge on any atom is -0.398 e. The van der Waals surface area contributed by atoms with Crippen molar-refractivity contribution in [2.24, 2.45) is 5.73 Å². The summed E-state index contributed by atoms with van der Waals surface area (Å²) in [6.07, 6.45) is -4.39. The zero-order valence-corrected chi connectivity index (χ0v) is 6.73. The molecule has 0 atom stereocenters. The molecule has 0 saturated heterocycles. The minimum absolute atomic E-state index is 0.183. The van der Waals surface area contributed by atoms with Gasteiger partial charge in [0.2, 0.25) is 0 Å². The average Bonchev–Trinajstić information content (AvgIpc) is 2.01. The molecule has 1 rings (SSSR count). The van der Waals surface area contributed by atoms with Crippen LogP contribution in [0.15, 0.2) is 18.2 Å². The summed E-state index contributed by atoms with van der Waals surface area (Å²) >= 11 is 0. The van der Waals surface area contributed by atoms with Crippen LogP contribution in [0.5, 0.6) is 0 Å². The van der Waals surface area contributed by atoms with Crippen molar-refractivity contribution >= 4 is 5.69 Å². The van der Waals surface area contributed by atoms with E-state index >= 15 is 0 Å². The van der Waals surface area contributed by atoms with Crippen LogP contribution < -0.4 is 11.5 Å². The average molecular weight is 190 g/mol. The highest BCUT2D eigenvalue weighted by molar-refractivity contribution is 5.50. The van der Waals surface area contributed by atoms with E-state index < -0.39 is 11.7 Å². The Kier molecular flexibility index (Phi) is 2.47. The molecule has 0 heterocycles. The number of nitrogen functional groups attached to an aromatic ring is 1. The summed E-state index contributed by atoms with van der Waals surface area (Å²) in [7, 11) is 0. The molecule has 13 heavy (non-hydrogen) atoms. The third-order valence-electron chi connectivity index (χ3n) is 1.66. The Hall–Kier alpha value is -1.23. The first-order chi connectivity index (χ1) is 5.95. The van der Waals surface area contributed by atoms with Gasteiger partial charge in [0.1, 0.15) is 0 Å². The largest absolute Gasteiger partial charge is 0.418 e. The van der Waals surface area contributed by atoms with E-state index in [0.29, 0.717) is 5.56 Å². The van der Waals surface area contributed by atoms with Crippen LogP contribution in [0.2, 0.25) is 0 Å². The van der Waals surface area contributed by atoms with Gasteiger partial charge in [0.05, 0.1) is 5.56 Å². The van der Waals surface area contributed by atoms with Gasteiger partial charge in [-0.15, -0.1) is 0 Å². The van der Waals surface area contributed by atoms with Crippen molar-refractivity contribution in [2.45, 2.75) is 12.7 Å². The first-order valence-corrected chi connectivity index (χ1v) is 3.61. The predicted octanol–water partition coefficient (Wildman–Crippen LogP) is 1.75. The van der Waals surface area contributed by atoms with E-state index in [2.05, 4.69) is 0 Å². The normalized spacial score (nSPS) is 11.7. The van der Waals surface area contributed by atoms with Crippen LogP contribution in [-0.4, -0.2) is 0 Å². The Labute approximate surface area is 73.3 Å². The molecule has 1 aromatic carbocycles. The highest BCUT2D eigenvalue weighted by Crippen LogP contribution is 2.33. The van der Waals surface area contributed by atoms with Crippen LogP contribution in [0.25, 0.3) is 0 Å². The highest BCUT2D eigenvalue weighted by Gasteiger charge is 2.32. The van der Waals surface area contributed by atoms with Gasteiger partial charge in [-0.1, -0.05) is 6.07 Å². The minimum atomic E-state index is -4.39. The summed E-state index contributed by atoms with van der Waals surface area (Å²) in [4.78, 5) is 0. The number of alkyl halides is 3. The second kappa shape index (κ2) is 3.26. The van der Waals surface area contributed by atoms with E-state index in [4.69, 9.17) is 11.5 Å². The SMILES string of the molecule is NCc1ccc(C(F)(F)F)c(N)c1. The lowest BCUT2D eigenvalue weighted by Gasteiger charge is -2.10. The number of hydrogen-bond acceptors (Lipinski definition) is 2. The van der Waals surface area contributed by atoms with Crippen LogP contribution in [0, 0.1) is 0 Å². The zero-order chi connectivity index (χ0) is 10.1. The summed E-state index contributed by atoms with van der Waals surface area (Å²) in [6, 6.07) is 3.50. The molecule has 72 valence electrons. The van der Waals surface area contributed by atoms with E-state index in [9.17, 15) is 13.2 Å². The Morgan fingerprint density at radius 1 is 1.23 bits per heavy atom. The number of anilines is 1. The second-order valence-corrected chi connectivity index (χ2v) is 2.62. The summed E-state index contributed by atoms with van der Waals surface area (Å²) < 4.78 is 36.5. The molecular weight excluding hydrogens is 181 g/mol. The first-order valence-electron chi connectivity index (χ1n) is 3.61. The van der Waals surface area contributed by atoms with Gasteiger partial charge in [0, 0.05) is 12.2 Å². The monoisotopic (exact) mass is 190 g/mol. The standard InChI is InChI=1S/C8H9F3N2/c9-8(10,11)6-2-1-5(4-12)3-7(6)13/h1-3H,4,12-13H2. The molecule has 0 amide bonds. The van der Waals surface area contributed by atoms with Crippen LogP contribution in [0.3, 0.4) is 0 Å². The lowest BCUT2D eigenvalue weighted by atomic mass is 10.1. The second-order valence-electron chi connectivity index (χ2n) is 2.62. The van der Waals surface area contributed by atoms with E-state index in [1.807, 2.05) is 0 Å². The topological polar surface area (TPSA) is 52.0 Å². The Morgan fingerprint density at radius 3 is 2.23 bits per heavy atom.